The summed E-state index contributed by atoms with van der Waals surface area (Å²) in [5.41, 5.74) is 0.777. The number of ether oxygens (including phenoxy) is 1. The van der Waals surface area contributed by atoms with Crippen molar-refractivity contribution in [3.05, 3.63) is 0 Å². The highest BCUT2D eigenvalue weighted by Crippen LogP contribution is 2.94. The van der Waals surface area contributed by atoms with Crippen LogP contribution in [-0.2, 0) is 9.53 Å². The number of hydrogen-bond acceptors (Lipinski definition) is 2. The average Bonchev–Trinajstić information content (AvgIpc) is 2.13. The van der Waals surface area contributed by atoms with Crippen LogP contribution in [0.3, 0.4) is 0 Å². The maximum Gasteiger partial charge on any atom is 0.303 e. The summed E-state index contributed by atoms with van der Waals surface area (Å²) >= 11 is 0. The molecule has 0 radical (unpaired) electrons. The molecule has 102 valence electrons. The fraction of sp³-hybridized carbons (Fsp3) is 0.938. The number of hydrogen-bond donors (Lipinski definition) is 0. The van der Waals surface area contributed by atoms with Gasteiger partial charge >= 0.3 is 5.97 Å². The van der Waals surface area contributed by atoms with Crippen molar-refractivity contribution >= 4 is 5.97 Å². The van der Waals surface area contributed by atoms with E-state index >= 15 is 0 Å². The molecule has 4 rings (SSSR count). The zero-order chi connectivity index (χ0) is 13.3. The first-order valence-corrected chi connectivity index (χ1v) is 7.63. The van der Waals surface area contributed by atoms with Crippen LogP contribution in [0.2, 0.25) is 0 Å². The van der Waals surface area contributed by atoms with E-state index in [1.807, 2.05) is 13.8 Å². The smallest absolute Gasteiger partial charge is 0.303 e. The molecule has 4 saturated carbocycles. The highest BCUT2D eigenvalue weighted by molar-refractivity contribution is 5.67. The Morgan fingerprint density at radius 2 is 1.61 bits per heavy atom. The molecule has 2 unspecified atom stereocenters. The Labute approximate surface area is 110 Å². The van der Waals surface area contributed by atoms with Gasteiger partial charge in [0.1, 0.15) is 5.60 Å². The quantitative estimate of drug-likeness (QED) is 0.697. The SMILES string of the molecule is CC.CC(=O)OC(C)(C)C12CC3CC4CC(C1)C432. The average molecular weight is 250 g/mol. The molecule has 4 aliphatic rings. The van der Waals surface area contributed by atoms with E-state index < -0.39 is 0 Å². The van der Waals surface area contributed by atoms with E-state index in [1.54, 1.807) is 6.92 Å². The lowest BCUT2D eigenvalue weighted by Gasteiger charge is -2.93. The van der Waals surface area contributed by atoms with Crippen LogP contribution in [0, 0.1) is 28.6 Å². The van der Waals surface area contributed by atoms with Crippen molar-refractivity contribution in [3.63, 3.8) is 0 Å². The lowest BCUT2D eigenvalue weighted by atomic mass is 9.11. The van der Waals surface area contributed by atoms with Crippen molar-refractivity contribution in [1.29, 1.82) is 0 Å². The first-order chi connectivity index (χ1) is 8.44. The van der Waals surface area contributed by atoms with E-state index in [4.69, 9.17) is 4.74 Å². The predicted octanol–water partition coefficient (Wildman–Crippen LogP) is 3.79. The summed E-state index contributed by atoms with van der Waals surface area (Å²) in [6.07, 6.45) is 5.57. The van der Waals surface area contributed by atoms with E-state index in [2.05, 4.69) is 13.8 Å². The zero-order valence-corrected chi connectivity index (χ0v) is 12.4. The first kappa shape index (κ1) is 12.5. The number of carbonyl (C=O) groups is 1. The van der Waals surface area contributed by atoms with Gasteiger partial charge in [-0.2, -0.15) is 0 Å². The van der Waals surface area contributed by atoms with Crippen molar-refractivity contribution in [1.82, 2.24) is 0 Å². The third-order valence-corrected chi connectivity index (χ3v) is 6.73. The van der Waals surface area contributed by atoms with Crippen LogP contribution in [-0.4, -0.2) is 11.6 Å². The van der Waals surface area contributed by atoms with Crippen LogP contribution < -0.4 is 0 Å². The third-order valence-electron chi connectivity index (χ3n) is 6.73. The summed E-state index contributed by atoms with van der Waals surface area (Å²) < 4.78 is 5.64. The van der Waals surface area contributed by atoms with Crippen LogP contribution in [0.4, 0.5) is 0 Å². The van der Waals surface area contributed by atoms with E-state index in [0.29, 0.717) is 10.8 Å². The van der Waals surface area contributed by atoms with Crippen molar-refractivity contribution in [3.8, 4) is 0 Å². The molecule has 0 bridgehead atoms. The maximum absolute atomic E-state index is 11.3. The van der Waals surface area contributed by atoms with E-state index in [1.165, 1.54) is 25.7 Å². The fourth-order valence-corrected chi connectivity index (χ4v) is 6.40. The van der Waals surface area contributed by atoms with E-state index in [-0.39, 0.29) is 11.6 Å². The van der Waals surface area contributed by atoms with Crippen LogP contribution in [0.1, 0.15) is 60.3 Å². The molecule has 2 heteroatoms. The molecule has 4 fully saturated rings. The van der Waals surface area contributed by atoms with Crippen molar-refractivity contribution in [2.45, 2.75) is 65.9 Å². The van der Waals surface area contributed by atoms with Crippen LogP contribution in [0.15, 0.2) is 0 Å². The van der Waals surface area contributed by atoms with Crippen molar-refractivity contribution < 1.29 is 9.53 Å². The van der Waals surface area contributed by atoms with Gasteiger partial charge in [-0.05, 0) is 62.7 Å². The molecule has 1 spiro atoms. The van der Waals surface area contributed by atoms with Gasteiger partial charge in [0, 0.05) is 12.3 Å². The molecule has 0 saturated heterocycles. The summed E-state index contributed by atoms with van der Waals surface area (Å²) in [6, 6.07) is 0. The van der Waals surface area contributed by atoms with Crippen LogP contribution in [0.25, 0.3) is 0 Å². The lowest BCUT2D eigenvalue weighted by Crippen LogP contribution is -2.89. The molecule has 0 heterocycles. The minimum Gasteiger partial charge on any atom is -0.459 e. The third kappa shape index (κ3) is 0.947. The second kappa shape index (κ2) is 3.32. The fourth-order valence-electron chi connectivity index (χ4n) is 6.40. The van der Waals surface area contributed by atoms with Gasteiger partial charge in [0.25, 0.3) is 0 Å². The van der Waals surface area contributed by atoms with E-state index in [9.17, 15) is 4.79 Å². The largest absolute Gasteiger partial charge is 0.459 e. The molecule has 0 N–H and O–H groups in total. The number of esters is 1. The molecule has 2 atom stereocenters. The molecular weight excluding hydrogens is 224 g/mol. The van der Waals surface area contributed by atoms with Gasteiger partial charge in [0.2, 0.25) is 0 Å². The molecule has 2 nitrogen and oxygen atoms in total. The summed E-state index contributed by atoms with van der Waals surface area (Å²) in [7, 11) is 0. The molecule has 18 heavy (non-hydrogen) atoms. The van der Waals surface area contributed by atoms with Gasteiger partial charge < -0.3 is 4.74 Å². The number of carbonyl (C=O) groups excluding carboxylic acids is 1. The Morgan fingerprint density at radius 1 is 1.11 bits per heavy atom. The van der Waals surface area contributed by atoms with Gasteiger partial charge in [-0.15, -0.1) is 0 Å². The maximum atomic E-state index is 11.3. The second-order valence-corrected chi connectivity index (χ2v) is 7.09. The van der Waals surface area contributed by atoms with Crippen molar-refractivity contribution in [2.75, 3.05) is 0 Å². The molecular formula is C16H26O2. The predicted molar refractivity (Wildman–Crippen MR) is 71.0 cm³/mol. The van der Waals surface area contributed by atoms with Crippen LogP contribution >= 0.6 is 0 Å². The Hall–Kier alpha value is -0.530. The Morgan fingerprint density at radius 3 is 1.94 bits per heavy atom. The molecule has 0 aromatic carbocycles. The minimum atomic E-state index is -0.231. The molecule has 0 aromatic rings. The van der Waals surface area contributed by atoms with Gasteiger partial charge in [-0.25, -0.2) is 0 Å². The van der Waals surface area contributed by atoms with Crippen molar-refractivity contribution in [2.24, 2.45) is 28.6 Å². The monoisotopic (exact) mass is 250 g/mol. The van der Waals surface area contributed by atoms with Crippen LogP contribution in [0.5, 0.6) is 0 Å². The Bertz CT molecular complexity index is 370. The van der Waals surface area contributed by atoms with Gasteiger partial charge in [-0.3, -0.25) is 4.79 Å². The lowest BCUT2D eigenvalue weighted by molar-refractivity contribution is -0.465. The Kier molecular flexibility index (Phi) is 2.30. The summed E-state index contributed by atoms with van der Waals surface area (Å²) in [5, 5.41) is 0. The molecule has 0 aliphatic heterocycles. The number of rotatable bonds is 2. The molecule has 0 aromatic heterocycles. The summed E-state index contributed by atoms with van der Waals surface area (Å²) in [4.78, 5) is 11.3. The second-order valence-electron chi connectivity index (χ2n) is 7.09. The first-order valence-electron chi connectivity index (χ1n) is 7.63. The highest BCUT2D eigenvalue weighted by atomic mass is 16.6. The normalized spacial score (nSPS) is 49.7. The van der Waals surface area contributed by atoms with Gasteiger partial charge in [-0.1, -0.05) is 13.8 Å². The standard InChI is InChI=1S/C14H20O2.C2H6/c1-8(15)16-12(2,3)13-6-10-4-9-5-11(7-13)14(9,10)13;1-2/h9-11H,4-7H2,1-3H3;1-2H3. The summed E-state index contributed by atoms with van der Waals surface area (Å²) in [5.74, 6) is 2.84. The van der Waals surface area contributed by atoms with Gasteiger partial charge in [0.15, 0.2) is 0 Å². The van der Waals surface area contributed by atoms with E-state index in [0.717, 1.165) is 17.8 Å². The molecule has 0 amide bonds. The highest BCUT2D eigenvalue weighted by Gasteiger charge is 2.90. The minimum absolute atomic E-state index is 0.113. The topological polar surface area (TPSA) is 26.3 Å². The Balaban J connectivity index is 0.000000478. The summed E-state index contributed by atoms with van der Waals surface area (Å²) in [6.45, 7) is 9.83. The molecule has 4 aliphatic carbocycles. The zero-order valence-electron chi connectivity index (χ0n) is 12.4. The van der Waals surface area contributed by atoms with Gasteiger partial charge in [0.05, 0.1) is 0 Å².